The predicted molar refractivity (Wildman–Crippen MR) is 68.5 cm³/mol. The fourth-order valence-electron chi connectivity index (χ4n) is 2.45. The number of Topliss-reactive ketones (excluding diaryl/α,β-unsaturated/α-hetero) is 2. The molecule has 3 heteroatoms. The summed E-state index contributed by atoms with van der Waals surface area (Å²) in [5.74, 6) is 0.0784. The third kappa shape index (κ3) is 3.05. The first-order valence-corrected chi connectivity index (χ1v) is 6.34. The number of carbonyl (C=O) groups is 2. The van der Waals surface area contributed by atoms with Crippen molar-refractivity contribution >= 4 is 11.6 Å². The van der Waals surface area contributed by atoms with Crippen LogP contribution >= 0.6 is 0 Å². The Morgan fingerprint density at radius 2 is 2.06 bits per heavy atom. The number of ketones is 2. The van der Waals surface area contributed by atoms with E-state index >= 15 is 0 Å². The molecule has 2 rings (SSSR count). The van der Waals surface area contributed by atoms with Gasteiger partial charge in [0.05, 0.1) is 6.10 Å². The molecule has 0 amide bonds. The Morgan fingerprint density at radius 1 is 1.33 bits per heavy atom. The number of hydrogen-bond acceptors (Lipinski definition) is 3. The van der Waals surface area contributed by atoms with Gasteiger partial charge in [-0.25, -0.2) is 0 Å². The lowest BCUT2D eigenvalue weighted by Crippen LogP contribution is -2.30. The molecule has 0 aliphatic heterocycles. The molecule has 1 aromatic rings. The van der Waals surface area contributed by atoms with Crippen molar-refractivity contribution in [3.05, 3.63) is 35.9 Å². The molecule has 1 aliphatic carbocycles. The molecule has 18 heavy (non-hydrogen) atoms. The second-order valence-corrected chi connectivity index (χ2v) is 4.79. The van der Waals surface area contributed by atoms with Crippen LogP contribution in [-0.4, -0.2) is 24.8 Å². The number of hydrogen-bond donors (Lipinski definition) is 0. The van der Waals surface area contributed by atoms with E-state index < -0.39 is 0 Å². The van der Waals surface area contributed by atoms with Crippen molar-refractivity contribution in [1.29, 1.82) is 0 Å². The third-order valence-electron chi connectivity index (χ3n) is 3.58. The van der Waals surface area contributed by atoms with E-state index in [2.05, 4.69) is 0 Å². The summed E-state index contributed by atoms with van der Waals surface area (Å²) in [5, 5.41) is 0. The summed E-state index contributed by atoms with van der Waals surface area (Å²) in [4.78, 5) is 23.9. The lowest BCUT2D eigenvalue weighted by Gasteiger charge is -2.26. The molecule has 0 aromatic heterocycles. The fraction of sp³-hybridized carbons (Fsp3) is 0.467. The highest BCUT2D eigenvalue weighted by atomic mass is 16.5. The molecular weight excluding hydrogens is 228 g/mol. The van der Waals surface area contributed by atoms with Gasteiger partial charge in [-0.05, 0) is 12.8 Å². The molecule has 0 saturated heterocycles. The van der Waals surface area contributed by atoms with E-state index in [4.69, 9.17) is 4.74 Å². The summed E-state index contributed by atoms with van der Waals surface area (Å²) in [6.07, 6.45) is 2.42. The topological polar surface area (TPSA) is 43.4 Å². The molecule has 96 valence electrons. The Labute approximate surface area is 107 Å². The van der Waals surface area contributed by atoms with Crippen molar-refractivity contribution in [1.82, 2.24) is 0 Å². The van der Waals surface area contributed by atoms with Crippen LogP contribution in [0.3, 0.4) is 0 Å². The minimum atomic E-state index is -0.170. The van der Waals surface area contributed by atoms with Crippen LogP contribution in [0.4, 0.5) is 0 Å². The maximum atomic E-state index is 12.1. The molecule has 3 nitrogen and oxygen atoms in total. The van der Waals surface area contributed by atoms with Crippen LogP contribution in [0.2, 0.25) is 0 Å². The van der Waals surface area contributed by atoms with Crippen LogP contribution in [0.25, 0.3) is 0 Å². The van der Waals surface area contributed by atoms with Crippen LogP contribution in [0.15, 0.2) is 30.3 Å². The first-order chi connectivity index (χ1) is 8.70. The largest absolute Gasteiger partial charge is 0.381 e. The molecule has 1 fully saturated rings. The van der Waals surface area contributed by atoms with Gasteiger partial charge in [-0.3, -0.25) is 9.59 Å². The fourth-order valence-corrected chi connectivity index (χ4v) is 2.45. The normalized spacial score (nSPS) is 23.9. The summed E-state index contributed by atoms with van der Waals surface area (Å²) in [5.41, 5.74) is 0.685. The molecule has 0 unspecified atom stereocenters. The van der Waals surface area contributed by atoms with Crippen LogP contribution in [-0.2, 0) is 9.53 Å². The first-order valence-electron chi connectivity index (χ1n) is 6.34. The van der Waals surface area contributed by atoms with Gasteiger partial charge >= 0.3 is 0 Å². The Bertz CT molecular complexity index is 425. The van der Waals surface area contributed by atoms with Crippen LogP contribution in [0.5, 0.6) is 0 Å². The van der Waals surface area contributed by atoms with E-state index in [1.54, 1.807) is 19.2 Å². The zero-order valence-electron chi connectivity index (χ0n) is 10.6. The molecule has 1 saturated carbocycles. The van der Waals surface area contributed by atoms with E-state index in [1.807, 2.05) is 18.2 Å². The highest BCUT2D eigenvalue weighted by molar-refractivity contribution is 5.99. The standard InChI is InChI=1S/C15H18O3/c1-18-13-7-8-14(16)12(9-13)10-15(17)11-5-3-2-4-6-11/h2-6,12-13H,7-10H2,1H3/t12-,13-/m0/s1. The third-order valence-corrected chi connectivity index (χ3v) is 3.58. The highest BCUT2D eigenvalue weighted by Crippen LogP contribution is 2.26. The maximum absolute atomic E-state index is 12.1. The minimum absolute atomic E-state index is 0.0469. The van der Waals surface area contributed by atoms with Gasteiger partial charge in [0.2, 0.25) is 0 Å². The lowest BCUT2D eigenvalue weighted by molar-refractivity contribution is -0.127. The van der Waals surface area contributed by atoms with Gasteiger partial charge in [0.1, 0.15) is 5.78 Å². The van der Waals surface area contributed by atoms with Crippen molar-refractivity contribution in [2.75, 3.05) is 7.11 Å². The number of benzene rings is 1. The summed E-state index contributed by atoms with van der Waals surface area (Å²) < 4.78 is 5.29. The van der Waals surface area contributed by atoms with Crippen LogP contribution in [0, 0.1) is 5.92 Å². The van der Waals surface area contributed by atoms with Crippen LogP contribution in [0.1, 0.15) is 36.0 Å². The van der Waals surface area contributed by atoms with Crippen LogP contribution < -0.4 is 0 Å². The Kier molecular flexibility index (Phi) is 4.26. The monoisotopic (exact) mass is 246 g/mol. The van der Waals surface area contributed by atoms with Gasteiger partial charge in [0.15, 0.2) is 5.78 Å². The average molecular weight is 246 g/mol. The van der Waals surface area contributed by atoms with E-state index in [-0.39, 0.29) is 23.6 Å². The minimum Gasteiger partial charge on any atom is -0.381 e. The number of carbonyl (C=O) groups excluding carboxylic acids is 2. The number of ether oxygens (including phenoxy) is 1. The van der Waals surface area contributed by atoms with Crippen molar-refractivity contribution < 1.29 is 14.3 Å². The van der Waals surface area contributed by atoms with Gasteiger partial charge in [-0.2, -0.15) is 0 Å². The molecule has 0 spiro atoms. The molecule has 0 N–H and O–H groups in total. The van der Waals surface area contributed by atoms with E-state index in [0.29, 0.717) is 24.8 Å². The number of methoxy groups -OCH3 is 1. The van der Waals surface area contributed by atoms with Gasteiger partial charge < -0.3 is 4.74 Å². The SMILES string of the molecule is CO[C@H]1CCC(=O)[C@H](CC(=O)c2ccccc2)C1. The van der Waals surface area contributed by atoms with E-state index in [1.165, 1.54) is 0 Å². The van der Waals surface area contributed by atoms with E-state index in [9.17, 15) is 9.59 Å². The molecule has 0 radical (unpaired) electrons. The molecule has 0 bridgehead atoms. The quantitative estimate of drug-likeness (QED) is 0.767. The maximum Gasteiger partial charge on any atom is 0.163 e. The Balaban J connectivity index is 2.00. The molecule has 1 aromatic carbocycles. The average Bonchev–Trinajstić information content (AvgIpc) is 2.42. The van der Waals surface area contributed by atoms with Gasteiger partial charge in [-0.15, -0.1) is 0 Å². The highest BCUT2D eigenvalue weighted by Gasteiger charge is 2.30. The van der Waals surface area contributed by atoms with Gasteiger partial charge in [-0.1, -0.05) is 30.3 Å². The van der Waals surface area contributed by atoms with Crippen molar-refractivity contribution in [3.8, 4) is 0 Å². The van der Waals surface area contributed by atoms with Gasteiger partial charge in [0.25, 0.3) is 0 Å². The van der Waals surface area contributed by atoms with Crippen molar-refractivity contribution in [2.45, 2.75) is 31.8 Å². The Hall–Kier alpha value is -1.48. The lowest BCUT2D eigenvalue weighted by atomic mass is 9.82. The van der Waals surface area contributed by atoms with Gasteiger partial charge in [0, 0.05) is 31.4 Å². The van der Waals surface area contributed by atoms with E-state index in [0.717, 1.165) is 6.42 Å². The zero-order chi connectivity index (χ0) is 13.0. The molecule has 2 atom stereocenters. The predicted octanol–water partition coefficient (Wildman–Crippen LogP) is 2.64. The molecule has 0 heterocycles. The number of rotatable bonds is 4. The second kappa shape index (κ2) is 5.91. The Morgan fingerprint density at radius 3 is 2.72 bits per heavy atom. The second-order valence-electron chi connectivity index (χ2n) is 4.79. The summed E-state index contributed by atoms with van der Waals surface area (Å²) >= 11 is 0. The molecular formula is C15H18O3. The zero-order valence-corrected chi connectivity index (χ0v) is 10.6. The van der Waals surface area contributed by atoms with Crippen molar-refractivity contribution in [2.24, 2.45) is 5.92 Å². The summed E-state index contributed by atoms with van der Waals surface area (Å²) in [6.45, 7) is 0. The smallest absolute Gasteiger partial charge is 0.163 e. The first kappa shape index (κ1) is 13.0. The molecule has 1 aliphatic rings. The summed E-state index contributed by atoms with van der Waals surface area (Å²) in [7, 11) is 1.66. The van der Waals surface area contributed by atoms with Crippen molar-refractivity contribution in [3.63, 3.8) is 0 Å². The summed E-state index contributed by atoms with van der Waals surface area (Å²) in [6, 6.07) is 9.15.